The van der Waals surface area contributed by atoms with Gasteiger partial charge in [-0.3, -0.25) is 10.1 Å². The maximum absolute atomic E-state index is 12.3. The predicted octanol–water partition coefficient (Wildman–Crippen LogP) is 3.44. The maximum Gasteiger partial charge on any atom is 0.323 e. The molecule has 0 spiro atoms. The highest BCUT2D eigenvalue weighted by Crippen LogP contribution is 2.35. The normalized spacial score (nSPS) is 19.4. The van der Waals surface area contributed by atoms with Gasteiger partial charge in [0.15, 0.2) is 0 Å². The minimum Gasteiger partial charge on any atom is -0.468 e. The highest BCUT2D eigenvalue weighted by atomic mass is 16.5. The zero-order valence-electron chi connectivity index (χ0n) is 15.4. The minimum absolute atomic E-state index is 0.141. The monoisotopic (exact) mass is 338 g/mol. The van der Waals surface area contributed by atoms with E-state index in [4.69, 9.17) is 4.74 Å². The maximum atomic E-state index is 12.3. The fourth-order valence-corrected chi connectivity index (χ4v) is 3.78. The summed E-state index contributed by atoms with van der Waals surface area (Å²) in [6, 6.07) is 6.25. The Labute approximate surface area is 149 Å². The van der Waals surface area contributed by atoms with Gasteiger partial charge in [-0.1, -0.05) is 31.9 Å². The summed E-state index contributed by atoms with van der Waals surface area (Å²) in [6.07, 6.45) is 3.77. The second-order valence-electron chi connectivity index (χ2n) is 7.08. The number of methoxy groups -OCH3 is 1. The SMILES string of the molecule is CC#CCn1cc2c3c(cccc31)[C@H](CC(C)C)N[C@H](C(=O)OC)C2. The lowest BCUT2D eigenvalue weighted by Crippen LogP contribution is -2.40. The van der Waals surface area contributed by atoms with Crippen molar-refractivity contribution in [3.05, 3.63) is 35.5 Å². The van der Waals surface area contributed by atoms with Crippen molar-refractivity contribution in [1.82, 2.24) is 9.88 Å². The Bertz CT molecular complexity index is 839. The lowest BCUT2D eigenvalue weighted by Gasteiger charge is -2.24. The van der Waals surface area contributed by atoms with E-state index in [2.05, 4.69) is 60.0 Å². The molecule has 0 saturated carbocycles. The van der Waals surface area contributed by atoms with Crippen LogP contribution in [-0.2, 0) is 22.5 Å². The molecule has 4 heteroatoms. The summed E-state index contributed by atoms with van der Waals surface area (Å²) in [7, 11) is 1.46. The lowest BCUT2D eigenvalue weighted by atomic mass is 9.94. The Kier molecular flexibility index (Phi) is 5.15. The Balaban J connectivity index is 2.15. The van der Waals surface area contributed by atoms with Gasteiger partial charge < -0.3 is 9.30 Å². The number of nitrogens with one attached hydrogen (secondary N) is 1. The van der Waals surface area contributed by atoms with Gasteiger partial charge in [-0.15, -0.1) is 5.92 Å². The molecule has 1 aromatic carbocycles. The molecule has 0 amide bonds. The molecular weight excluding hydrogens is 312 g/mol. The number of benzene rings is 1. The standard InChI is InChI=1S/C21H26N2O2/c1-5-6-10-23-13-15-12-18(21(24)25-4)22-17(11-14(2)3)16-8-7-9-19(23)20(15)16/h7-9,13-14,17-18,22H,10-12H2,1-4H3/t17-,18-/m0/s1. The van der Waals surface area contributed by atoms with Gasteiger partial charge in [0.2, 0.25) is 0 Å². The van der Waals surface area contributed by atoms with E-state index < -0.39 is 0 Å². The number of carbonyl (C=O) groups excluding carboxylic acids is 1. The van der Waals surface area contributed by atoms with Crippen LogP contribution in [0.1, 0.15) is 44.4 Å². The van der Waals surface area contributed by atoms with Crippen LogP contribution in [0.15, 0.2) is 24.4 Å². The van der Waals surface area contributed by atoms with Crippen molar-refractivity contribution in [2.45, 2.75) is 52.2 Å². The van der Waals surface area contributed by atoms with Crippen LogP contribution >= 0.6 is 0 Å². The van der Waals surface area contributed by atoms with E-state index in [-0.39, 0.29) is 18.1 Å². The number of hydrogen-bond donors (Lipinski definition) is 1. The first kappa shape index (κ1) is 17.6. The first-order valence-electron chi connectivity index (χ1n) is 8.89. The van der Waals surface area contributed by atoms with E-state index in [1.54, 1.807) is 0 Å². The molecule has 0 aliphatic carbocycles. The van der Waals surface area contributed by atoms with Crippen molar-refractivity contribution in [2.75, 3.05) is 7.11 Å². The van der Waals surface area contributed by atoms with E-state index in [0.717, 1.165) is 6.42 Å². The van der Waals surface area contributed by atoms with Crippen LogP contribution in [0.4, 0.5) is 0 Å². The molecule has 1 aliphatic rings. The molecule has 4 nitrogen and oxygen atoms in total. The molecule has 3 rings (SSSR count). The zero-order valence-corrected chi connectivity index (χ0v) is 15.4. The number of esters is 1. The quantitative estimate of drug-likeness (QED) is 0.686. The average Bonchev–Trinajstić information content (AvgIpc) is 2.87. The third-order valence-electron chi connectivity index (χ3n) is 4.84. The van der Waals surface area contributed by atoms with Crippen molar-refractivity contribution in [1.29, 1.82) is 0 Å². The fraction of sp³-hybridized carbons (Fsp3) is 0.476. The molecule has 132 valence electrons. The summed E-state index contributed by atoms with van der Waals surface area (Å²) >= 11 is 0. The molecule has 1 aromatic heterocycles. The van der Waals surface area contributed by atoms with E-state index in [9.17, 15) is 4.79 Å². The van der Waals surface area contributed by atoms with E-state index in [1.165, 1.54) is 29.1 Å². The van der Waals surface area contributed by atoms with Crippen molar-refractivity contribution in [3.63, 3.8) is 0 Å². The number of ether oxygens (including phenoxy) is 1. The minimum atomic E-state index is -0.322. The molecule has 2 aromatic rings. The van der Waals surface area contributed by atoms with E-state index >= 15 is 0 Å². The highest BCUT2D eigenvalue weighted by Gasteiger charge is 2.31. The molecule has 0 bridgehead atoms. The number of aromatic nitrogens is 1. The summed E-state index contributed by atoms with van der Waals surface area (Å²) in [5.74, 6) is 6.44. The number of nitrogens with zero attached hydrogens (tertiary/aromatic N) is 1. The van der Waals surface area contributed by atoms with Crippen molar-refractivity contribution in [2.24, 2.45) is 5.92 Å². The zero-order chi connectivity index (χ0) is 18.0. The third-order valence-corrected chi connectivity index (χ3v) is 4.84. The van der Waals surface area contributed by atoms with Gasteiger partial charge in [-0.25, -0.2) is 0 Å². The van der Waals surface area contributed by atoms with E-state index in [0.29, 0.717) is 18.9 Å². The molecule has 2 atom stereocenters. The molecule has 0 unspecified atom stereocenters. The number of hydrogen-bond acceptors (Lipinski definition) is 3. The number of rotatable bonds is 4. The van der Waals surface area contributed by atoms with Crippen LogP contribution in [0, 0.1) is 17.8 Å². The van der Waals surface area contributed by atoms with Crippen LogP contribution in [-0.4, -0.2) is 23.7 Å². The van der Waals surface area contributed by atoms with Crippen molar-refractivity contribution < 1.29 is 9.53 Å². The van der Waals surface area contributed by atoms with Gasteiger partial charge in [0.1, 0.15) is 6.04 Å². The Hall–Kier alpha value is -2.25. The largest absolute Gasteiger partial charge is 0.468 e. The van der Waals surface area contributed by atoms with Crippen molar-refractivity contribution >= 4 is 16.9 Å². The average molecular weight is 338 g/mol. The van der Waals surface area contributed by atoms with Crippen LogP contribution in [0.3, 0.4) is 0 Å². The Morgan fingerprint density at radius 1 is 1.44 bits per heavy atom. The molecule has 2 heterocycles. The van der Waals surface area contributed by atoms with Gasteiger partial charge in [-0.05, 0) is 36.5 Å². The van der Waals surface area contributed by atoms with Gasteiger partial charge in [0.25, 0.3) is 0 Å². The smallest absolute Gasteiger partial charge is 0.323 e. The van der Waals surface area contributed by atoms with Gasteiger partial charge in [0, 0.05) is 29.6 Å². The predicted molar refractivity (Wildman–Crippen MR) is 100 cm³/mol. The second-order valence-corrected chi connectivity index (χ2v) is 7.08. The topological polar surface area (TPSA) is 43.3 Å². The molecule has 25 heavy (non-hydrogen) atoms. The summed E-state index contributed by atoms with van der Waals surface area (Å²) in [5.41, 5.74) is 3.66. The van der Waals surface area contributed by atoms with Crippen LogP contribution in [0.25, 0.3) is 10.9 Å². The second kappa shape index (κ2) is 7.33. The third kappa shape index (κ3) is 3.43. The first-order valence-corrected chi connectivity index (χ1v) is 8.89. The summed E-state index contributed by atoms with van der Waals surface area (Å²) < 4.78 is 7.23. The molecule has 0 saturated heterocycles. The van der Waals surface area contributed by atoms with Gasteiger partial charge in [0.05, 0.1) is 13.7 Å². The first-order chi connectivity index (χ1) is 12.0. The van der Waals surface area contributed by atoms with Crippen LogP contribution < -0.4 is 5.32 Å². The van der Waals surface area contributed by atoms with Crippen LogP contribution in [0.5, 0.6) is 0 Å². The summed E-state index contributed by atoms with van der Waals surface area (Å²) in [6.45, 7) is 6.95. The lowest BCUT2D eigenvalue weighted by molar-refractivity contribution is -0.143. The summed E-state index contributed by atoms with van der Waals surface area (Å²) in [4.78, 5) is 12.3. The van der Waals surface area contributed by atoms with Gasteiger partial charge >= 0.3 is 5.97 Å². The molecule has 1 aliphatic heterocycles. The highest BCUT2D eigenvalue weighted by molar-refractivity contribution is 5.89. The molecular formula is C21H26N2O2. The summed E-state index contributed by atoms with van der Waals surface area (Å²) in [5, 5.41) is 4.81. The van der Waals surface area contributed by atoms with Crippen molar-refractivity contribution in [3.8, 4) is 11.8 Å². The molecule has 0 radical (unpaired) electrons. The molecule has 1 N–H and O–H groups in total. The number of carbonyl (C=O) groups is 1. The Morgan fingerprint density at radius 3 is 2.92 bits per heavy atom. The van der Waals surface area contributed by atoms with Gasteiger partial charge in [-0.2, -0.15) is 0 Å². The Morgan fingerprint density at radius 2 is 2.24 bits per heavy atom. The van der Waals surface area contributed by atoms with Crippen LogP contribution in [0.2, 0.25) is 0 Å². The fourth-order valence-electron chi connectivity index (χ4n) is 3.78. The van der Waals surface area contributed by atoms with E-state index in [1.807, 2.05) is 6.92 Å². The molecule has 0 fully saturated rings.